The molecule has 1 atom stereocenters. The Morgan fingerprint density at radius 1 is 1.62 bits per heavy atom. The Kier molecular flexibility index (Phi) is 5.69. The van der Waals surface area contributed by atoms with Gasteiger partial charge in [-0.05, 0) is 13.5 Å². The standard InChI is InChI=1S/C14H22N4O2S/c1-3-18-7-6-16-14(20)11(18)8-13(19)15-5-4-12-10(2)17-9-21-12/h9,11H,3-8H2,1-2H3,(H,15,19)(H,16,20)/t11-/m1/s1. The fourth-order valence-corrected chi connectivity index (χ4v) is 3.27. The molecule has 1 saturated heterocycles. The number of piperazine rings is 1. The first-order valence-electron chi connectivity index (χ1n) is 7.29. The molecule has 0 spiro atoms. The first kappa shape index (κ1) is 15.9. The molecule has 6 nitrogen and oxygen atoms in total. The fraction of sp³-hybridized carbons (Fsp3) is 0.643. The van der Waals surface area contributed by atoms with E-state index in [9.17, 15) is 9.59 Å². The third-order valence-corrected chi connectivity index (χ3v) is 4.74. The van der Waals surface area contributed by atoms with Gasteiger partial charge in [0.2, 0.25) is 11.8 Å². The van der Waals surface area contributed by atoms with Crippen LogP contribution in [0.25, 0.3) is 0 Å². The highest BCUT2D eigenvalue weighted by Gasteiger charge is 2.30. The maximum absolute atomic E-state index is 12.0. The molecular formula is C14H22N4O2S. The van der Waals surface area contributed by atoms with Crippen LogP contribution in [0, 0.1) is 6.92 Å². The summed E-state index contributed by atoms with van der Waals surface area (Å²) in [4.78, 5) is 31.3. The van der Waals surface area contributed by atoms with E-state index in [4.69, 9.17) is 0 Å². The lowest BCUT2D eigenvalue weighted by Crippen LogP contribution is -2.56. The second-order valence-corrected chi connectivity index (χ2v) is 6.04. The Labute approximate surface area is 128 Å². The molecule has 0 saturated carbocycles. The van der Waals surface area contributed by atoms with Crippen LogP contribution < -0.4 is 10.6 Å². The van der Waals surface area contributed by atoms with Crippen molar-refractivity contribution in [2.24, 2.45) is 0 Å². The first-order chi connectivity index (χ1) is 10.1. The molecule has 1 aromatic heterocycles. The number of aryl methyl sites for hydroxylation is 1. The maximum atomic E-state index is 12.0. The molecule has 0 radical (unpaired) electrons. The summed E-state index contributed by atoms with van der Waals surface area (Å²) in [5.41, 5.74) is 2.84. The van der Waals surface area contributed by atoms with Gasteiger partial charge >= 0.3 is 0 Å². The number of hydrogen-bond donors (Lipinski definition) is 2. The average molecular weight is 310 g/mol. The van der Waals surface area contributed by atoms with Crippen LogP contribution >= 0.6 is 11.3 Å². The molecule has 2 N–H and O–H groups in total. The number of hydrogen-bond acceptors (Lipinski definition) is 5. The fourth-order valence-electron chi connectivity index (χ4n) is 2.49. The normalized spacial score (nSPS) is 19.3. The largest absolute Gasteiger partial charge is 0.356 e. The summed E-state index contributed by atoms with van der Waals surface area (Å²) in [6.45, 7) is 6.82. The van der Waals surface area contributed by atoms with E-state index in [0.29, 0.717) is 13.1 Å². The van der Waals surface area contributed by atoms with E-state index < -0.39 is 0 Å². The van der Waals surface area contributed by atoms with E-state index in [2.05, 4.69) is 15.6 Å². The molecule has 0 bridgehead atoms. The number of likely N-dealkylation sites (N-methyl/N-ethyl adjacent to an activating group) is 1. The van der Waals surface area contributed by atoms with Crippen molar-refractivity contribution in [2.45, 2.75) is 32.7 Å². The minimum absolute atomic E-state index is 0.0449. The lowest BCUT2D eigenvalue weighted by molar-refractivity contribution is -0.133. The van der Waals surface area contributed by atoms with Crippen molar-refractivity contribution in [1.29, 1.82) is 0 Å². The number of nitrogens with one attached hydrogen (secondary N) is 2. The summed E-state index contributed by atoms with van der Waals surface area (Å²) in [6.07, 6.45) is 1.01. The van der Waals surface area contributed by atoms with Crippen LogP contribution in [0.15, 0.2) is 5.51 Å². The van der Waals surface area contributed by atoms with Crippen molar-refractivity contribution >= 4 is 23.2 Å². The van der Waals surface area contributed by atoms with E-state index in [0.717, 1.165) is 25.2 Å². The van der Waals surface area contributed by atoms with E-state index >= 15 is 0 Å². The summed E-state index contributed by atoms with van der Waals surface area (Å²) in [5.74, 6) is -0.116. The molecule has 1 aliphatic rings. The van der Waals surface area contributed by atoms with Crippen molar-refractivity contribution in [3.8, 4) is 0 Å². The summed E-state index contributed by atoms with van der Waals surface area (Å²) < 4.78 is 0. The first-order valence-corrected chi connectivity index (χ1v) is 8.17. The monoisotopic (exact) mass is 310 g/mol. The van der Waals surface area contributed by atoms with Gasteiger partial charge in [-0.3, -0.25) is 14.5 Å². The highest BCUT2D eigenvalue weighted by atomic mass is 32.1. The number of aromatic nitrogens is 1. The molecule has 116 valence electrons. The molecule has 2 rings (SSSR count). The van der Waals surface area contributed by atoms with Gasteiger partial charge in [0.25, 0.3) is 0 Å². The van der Waals surface area contributed by atoms with Crippen molar-refractivity contribution in [3.63, 3.8) is 0 Å². The van der Waals surface area contributed by atoms with Gasteiger partial charge in [-0.1, -0.05) is 6.92 Å². The van der Waals surface area contributed by atoms with Crippen molar-refractivity contribution in [2.75, 3.05) is 26.2 Å². The third kappa shape index (κ3) is 4.25. The maximum Gasteiger partial charge on any atom is 0.237 e. The Morgan fingerprint density at radius 2 is 2.43 bits per heavy atom. The van der Waals surface area contributed by atoms with Gasteiger partial charge in [0.05, 0.1) is 23.7 Å². The molecule has 7 heteroatoms. The minimum Gasteiger partial charge on any atom is -0.356 e. The van der Waals surface area contributed by atoms with Crippen LogP contribution in [0.2, 0.25) is 0 Å². The predicted octanol–water partition coefficient (Wildman–Crippen LogP) is 0.321. The zero-order valence-corrected chi connectivity index (χ0v) is 13.3. The lowest BCUT2D eigenvalue weighted by atomic mass is 10.1. The molecule has 1 aromatic rings. The van der Waals surface area contributed by atoms with Crippen LogP contribution in [-0.4, -0.2) is 53.9 Å². The highest BCUT2D eigenvalue weighted by molar-refractivity contribution is 7.09. The molecular weight excluding hydrogens is 288 g/mol. The molecule has 0 unspecified atom stereocenters. The van der Waals surface area contributed by atoms with Crippen LogP contribution in [0.1, 0.15) is 23.9 Å². The third-order valence-electron chi connectivity index (χ3n) is 3.75. The highest BCUT2D eigenvalue weighted by Crippen LogP contribution is 2.12. The lowest BCUT2D eigenvalue weighted by Gasteiger charge is -2.33. The minimum atomic E-state index is -0.339. The Balaban J connectivity index is 1.78. The van der Waals surface area contributed by atoms with Crippen molar-refractivity contribution < 1.29 is 9.59 Å². The Hall–Kier alpha value is -1.47. The zero-order chi connectivity index (χ0) is 15.2. The van der Waals surface area contributed by atoms with E-state index in [-0.39, 0.29) is 24.3 Å². The second-order valence-electron chi connectivity index (χ2n) is 5.10. The van der Waals surface area contributed by atoms with Crippen LogP contribution in [0.3, 0.4) is 0 Å². The molecule has 21 heavy (non-hydrogen) atoms. The van der Waals surface area contributed by atoms with Crippen LogP contribution in [0.5, 0.6) is 0 Å². The van der Waals surface area contributed by atoms with Gasteiger partial charge in [-0.15, -0.1) is 11.3 Å². The summed E-state index contributed by atoms with van der Waals surface area (Å²) in [7, 11) is 0. The number of amides is 2. The Morgan fingerprint density at radius 3 is 3.10 bits per heavy atom. The number of nitrogens with zero attached hydrogens (tertiary/aromatic N) is 2. The number of carbonyl (C=O) groups is 2. The second kappa shape index (κ2) is 7.51. The molecule has 1 aliphatic heterocycles. The molecule has 2 amide bonds. The quantitative estimate of drug-likeness (QED) is 0.793. The average Bonchev–Trinajstić information content (AvgIpc) is 2.87. The van der Waals surface area contributed by atoms with Gasteiger partial charge < -0.3 is 10.6 Å². The number of rotatable bonds is 6. The number of thiazole rings is 1. The van der Waals surface area contributed by atoms with Crippen LogP contribution in [-0.2, 0) is 16.0 Å². The molecule has 2 heterocycles. The topological polar surface area (TPSA) is 74.3 Å². The molecule has 0 aliphatic carbocycles. The smallest absolute Gasteiger partial charge is 0.237 e. The Bertz CT molecular complexity index is 503. The van der Waals surface area contributed by atoms with Gasteiger partial charge in [-0.25, -0.2) is 4.98 Å². The van der Waals surface area contributed by atoms with Gasteiger partial charge in [0, 0.05) is 30.9 Å². The summed E-state index contributed by atoms with van der Waals surface area (Å²) in [5, 5.41) is 5.71. The van der Waals surface area contributed by atoms with E-state index in [1.807, 2.05) is 24.3 Å². The van der Waals surface area contributed by atoms with E-state index in [1.54, 1.807) is 11.3 Å². The number of carbonyl (C=O) groups excluding carboxylic acids is 2. The van der Waals surface area contributed by atoms with Crippen LogP contribution in [0.4, 0.5) is 0 Å². The SMILES string of the molecule is CCN1CCNC(=O)[C@H]1CC(=O)NCCc1scnc1C. The van der Waals surface area contributed by atoms with Gasteiger partial charge in [0.15, 0.2) is 0 Å². The summed E-state index contributed by atoms with van der Waals surface area (Å²) in [6, 6.07) is -0.339. The van der Waals surface area contributed by atoms with Crippen molar-refractivity contribution in [3.05, 3.63) is 16.1 Å². The predicted molar refractivity (Wildman–Crippen MR) is 82.2 cm³/mol. The van der Waals surface area contributed by atoms with Gasteiger partial charge in [0.1, 0.15) is 0 Å². The molecule has 0 aromatic carbocycles. The summed E-state index contributed by atoms with van der Waals surface area (Å²) >= 11 is 1.61. The molecule has 1 fully saturated rings. The van der Waals surface area contributed by atoms with Gasteiger partial charge in [-0.2, -0.15) is 0 Å². The van der Waals surface area contributed by atoms with E-state index in [1.165, 1.54) is 4.88 Å². The van der Waals surface area contributed by atoms with Crippen molar-refractivity contribution in [1.82, 2.24) is 20.5 Å². The zero-order valence-electron chi connectivity index (χ0n) is 12.5.